The molecule has 0 aromatic carbocycles. The first-order valence-electron chi connectivity index (χ1n) is 6.26. The highest BCUT2D eigenvalue weighted by molar-refractivity contribution is 5.10. The van der Waals surface area contributed by atoms with Crippen molar-refractivity contribution in [3.8, 4) is 0 Å². The smallest absolute Gasteiger partial charge is 0.106 e. The van der Waals surface area contributed by atoms with Crippen molar-refractivity contribution in [2.75, 3.05) is 0 Å². The van der Waals surface area contributed by atoms with E-state index in [2.05, 4.69) is 30.7 Å². The van der Waals surface area contributed by atoms with E-state index in [1.165, 1.54) is 50.0 Å². The fraction of sp³-hybridized carbons (Fsp3) is 0.769. The zero-order valence-corrected chi connectivity index (χ0v) is 10.4. The minimum absolute atomic E-state index is 1.11. The number of aromatic nitrogens is 2. The second-order valence-electron chi connectivity index (χ2n) is 4.41. The van der Waals surface area contributed by atoms with Gasteiger partial charge < -0.3 is 4.98 Å². The maximum atomic E-state index is 4.49. The van der Waals surface area contributed by atoms with Gasteiger partial charge in [-0.05, 0) is 20.3 Å². The molecule has 2 nitrogen and oxygen atoms in total. The van der Waals surface area contributed by atoms with Crippen LogP contribution in [0.2, 0.25) is 0 Å². The molecule has 2 heteroatoms. The highest BCUT2D eigenvalue weighted by Gasteiger charge is 2.01. The van der Waals surface area contributed by atoms with Crippen molar-refractivity contribution in [2.45, 2.75) is 65.7 Å². The summed E-state index contributed by atoms with van der Waals surface area (Å²) in [6, 6.07) is 0. The average molecular weight is 208 g/mol. The third kappa shape index (κ3) is 4.50. The molecule has 1 heterocycles. The van der Waals surface area contributed by atoms with Gasteiger partial charge in [0.25, 0.3) is 0 Å². The largest absolute Gasteiger partial charge is 0.346 e. The monoisotopic (exact) mass is 208 g/mol. The van der Waals surface area contributed by atoms with Gasteiger partial charge in [0.15, 0.2) is 0 Å². The van der Waals surface area contributed by atoms with Gasteiger partial charge in [-0.25, -0.2) is 4.98 Å². The van der Waals surface area contributed by atoms with Gasteiger partial charge in [0.05, 0.1) is 5.69 Å². The second kappa shape index (κ2) is 6.65. The van der Waals surface area contributed by atoms with Crippen molar-refractivity contribution in [1.29, 1.82) is 0 Å². The number of H-pyrrole nitrogens is 1. The van der Waals surface area contributed by atoms with Crippen LogP contribution in [0.25, 0.3) is 0 Å². The van der Waals surface area contributed by atoms with E-state index < -0.39 is 0 Å². The molecule has 0 aliphatic carbocycles. The van der Waals surface area contributed by atoms with Crippen LogP contribution in [0, 0.1) is 13.8 Å². The van der Waals surface area contributed by atoms with E-state index in [0.29, 0.717) is 0 Å². The van der Waals surface area contributed by atoms with Gasteiger partial charge in [-0.3, -0.25) is 0 Å². The van der Waals surface area contributed by atoms with Crippen molar-refractivity contribution >= 4 is 0 Å². The lowest BCUT2D eigenvalue weighted by atomic mass is 10.1. The first-order valence-corrected chi connectivity index (χ1v) is 6.26. The van der Waals surface area contributed by atoms with E-state index in [0.717, 1.165) is 12.1 Å². The Bertz CT molecular complexity index is 257. The van der Waals surface area contributed by atoms with Gasteiger partial charge in [0.2, 0.25) is 0 Å². The predicted molar refractivity (Wildman–Crippen MR) is 65.1 cm³/mol. The molecular weight excluding hydrogens is 184 g/mol. The van der Waals surface area contributed by atoms with Crippen LogP contribution in [-0.4, -0.2) is 9.97 Å². The summed E-state index contributed by atoms with van der Waals surface area (Å²) in [6.07, 6.45) is 9.23. The number of aryl methyl sites for hydroxylation is 3. The SMILES string of the molecule is CCCCCCCCc1nc(C)c(C)[nH]1. The Balaban J connectivity index is 2.10. The maximum Gasteiger partial charge on any atom is 0.106 e. The molecule has 0 saturated heterocycles. The lowest BCUT2D eigenvalue weighted by molar-refractivity contribution is 0.602. The summed E-state index contributed by atoms with van der Waals surface area (Å²) in [4.78, 5) is 7.82. The molecule has 1 N–H and O–H groups in total. The molecule has 1 aromatic rings. The zero-order chi connectivity index (χ0) is 11.1. The summed E-state index contributed by atoms with van der Waals surface area (Å²) >= 11 is 0. The number of aromatic amines is 1. The molecule has 0 aliphatic heterocycles. The number of hydrogen-bond donors (Lipinski definition) is 1. The summed E-state index contributed by atoms with van der Waals surface area (Å²) in [5.41, 5.74) is 2.37. The molecule has 86 valence electrons. The molecular formula is C13H24N2. The third-order valence-electron chi connectivity index (χ3n) is 2.94. The Hall–Kier alpha value is -0.790. The number of imidazole rings is 1. The first kappa shape index (κ1) is 12.3. The Morgan fingerprint density at radius 1 is 1.00 bits per heavy atom. The summed E-state index contributed by atoms with van der Waals surface area (Å²) in [5.74, 6) is 1.17. The highest BCUT2D eigenvalue weighted by atomic mass is 14.9. The normalized spacial score (nSPS) is 10.9. The van der Waals surface area contributed by atoms with Gasteiger partial charge in [-0.1, -0.05) is 39.0 Å². The van der Waals surface area contributed by atoms with Crippen LogP contribution >= 0.6 is 0 Å². The Morgan fingerprint density at radius 3 is 2.27 bits per heavy atom. The molecule has 1 rings (SSSR count). The molecule has 0 amide bonds. The van der Waals surface area contributed by atoms with Gasteiger partial charge in [-0.2, -0.15) is 0 Å². The Kier molecular flexibility index (Phi) is 5.44. The molecule has 0 spiro atoms. The van der Waals surface area contributed by atoms with Crippen molar-refractivity contribution in [3.63, 3.8) is 0 Å². The van der Waals surface area contributed by atoms with Crippen molar-refractivity contribution in [1.82, 2.24) is 9.97 Å². The topological polar surface area (TPSA) is 28.7 Å². The predicted octanol–water partition coefficient (Wildman–Crippen LogP) is 3.93. The molecule has 0 saturated carbocycles. The second-order valence-corrected chi connectivity index (χ2v) is 4.41. The third-order valence-corrected chi connectivity index (χ3v) is 2.94. The highest BCUT2D eigenvalue weighted by Crippen LogP contribution is 2.09. The zero-order valence-electron chi connectivity index (χ0n) is 10.4. The minimum Gasteiger partial charge on any atom is -0.346 e. The average Bonchev–Trinajstić information content (AvgIpc) is 2.52. The minimum atomic E-state index is 1.11. The summed E-state index contributed by atoms with van der Waals surface area (Å²) < 4.78 is 0. The molecule has 0 radical (unpaired) electrons. The van der Waals surface area contributed by atoms with Crippen molar-refractivity contribution in [3.05, 3.63) is 17.2 Å². The fourth-order valence-electron chi connectivity index (χ4n) is 1.81. The first-order chi connectivity index (χ1) is 7.24. The van der Waals surface area contributed by atoms with E-state index in [1.54, 1.807) is 0 Å². The summed E-state index contributed by atoms with van der Waals surface area (Å²) in [6.45, 7) is 6.41. The van der Waals surface area contributed by atoms with Gasteiger partial charge >= 0.3 is 0 Å². The molecule has 15 heavy (non-hydrogen) atoms. The van der Waals surface area contributed by atoms with Crippen LogP contribution in [0.3, 0.4) is 0 Å². The number of nitrogens with zero attached hydrogens (tertiary/aromatic N) is 1. The van der Waals surface area contributed by atoms with E-state index in [-0.39, 0.29) is 0 Å². The molecule has 0 unspecified atom stereocenters. The molecule has 0 bridgehead atoms. The van der Waals surface area contributed by atoms with Crippen molar-refractivity contribution < 1.29 is 0 Å². The van der Waals surface area contributed by atoms with Crippen LogP contribution < -0.4 is 0 Å². The van der Waals surface area contributed by atoms with Crippen molar-refractivity contribution in [2.24, 2.45) is 0 Å². The molecule has 1 aromatic heterocycles. The van der Waals surface area contributed by atoms with Gasteiger partial charge in [-0.15, -0.1) is 0 Å². The van der Waals surface area contributed by atoms with Gasteiger partial charge in [0, 0.05) is 12.1 Å². The van der Waals surface area contributed by atoms with E-state index in [9.17, 15) is 0 Å². The lowest BCUT2D eigenvalue weighted by Crippen LogP contribution is -1.89. The Morgan fingerprint density at radius 2 is 1.67 bits per heavy atom. The Labute approximate surface area is 93.5 Å². The number of nitrogens with one attached hydrogen (secondary N) is 1. The quantitative estimate of drug-likeness (QED) is 0.676. The molecule has 0 aliphatic rings. The number of hydrogen-bond acceptors (Lipinski definition) is 1. The van der Waals surface area contributed by atoms with Crippen LogP contribution in [0.15, 0.2) is 0 Å². The molecule has 0 fully saturated rings. The van der Waals surface area contributed by atoms with E-state index in [1.807, 2.05) is 0 Å². The van der Waals surface area contributed by atoms with E-state index >= 15 is 0 Å². The number of unbranched alkanes of at least 4 members (excludes halogenated alkanes) is 5. The number of rotatable bonds is 7. The summed E-state index contributed by atoms with van der Waals surface area (Å²) in [7, 11) is 0. The van der Waals surface area contributed by atoms with Crippen LogP contribution in [-0.2, 0) is 6.42 Å². The summed E-state index contributed by atoms with van der Waals surface area (Å²) in [5, 5.41) is 0. The lowest BCUT2D eigenvalue weighted by Gasteiger charge is -1.98. The van der Waals surface area contributed by atoms with Crippen LogP contribution in [0.5, 0.6) is 0 Å². The standard InChI is InChI=1S/C13H24N2/c1-4-5-6-7-8-9-10-13-14-11(2)12(3)15-13/h4-10H2,1-3H3,(H,14,15). The molecule has 0 atom stereocenters. The van der Waals surface area contributed by atoms with Gasteiger partial charge in [0.1, 0.15) is 5.82 Å². The van der Waals surface area contributed by atoms with E-state index in [4.69, 9.17) is 0 Å². The van der Waals surface area contributed by atoms with Crippen LogP contribution in [0.1, 0.15) is 62.7 Å². The fourth-order valence-corrected chi connectivity index (χ4v) is 1.81. The van der Waals surface area contributed by atoms with Crippen LogP contribution in [0.4, 0.5) is 0 Å². The maximum absolute atomic E-state index is 4.49.